The Hall–Kier alpha value is -1.05. The van der Waals surface area contributed by atoms with Crippen molar-refractivity contribution in [2.24, 2.45) is 5.14 Å². The van der Waals surface area contributed by atoms with E-state index in [2.05, 4.69) is 5.32 Å². The van der Waals surface area contributed by atoms with Gasteiger partial charge in [-0.2, -0.15) is 0 Å². The number of primary sulfonamides is 1. The van der Waals surface area contributed by atoms with Crippen LogP contribution in [0.4, 0.5) is 0 Å². The van der Waals surface area contributed by atoms with Gasteiger partial charge in [0, 0.05) is 0 Å². The first-order valence-electron chi connectivity index (χ1n) is 6.42. The molecular weight excluding hydrogens is 296 g/mol. The molecule has 0 saturated carbocycles. The van der Waals surface area contributed by atoms with Crippen LogP contribution >= 0.6 is 11.8 Å². The minimum Gasteiger partial charge on any atom is -0.349 e. The van der Waals surface area contributed by atoms with Crippen molar-refractivity contribution in [1.82, 2.24) is 5.32 Å². The van der Waals surface area contributed by atoms with Gasteiger partial charge in [-0.25, -0.2) is 13.6 Å². The van der Waals surface area contributed by atoms with Gasteiger partial charge >= 0.3 is 0 Å². The zero-order chi connectivity index (χ0) is 14.8. The second-order valence-corrected chi connectivity index (χ2v) is 7.72. The van der Waals surface area contributed by atoms with E-state index in [-0.39, 0.29) is 22.1 Å². The van der Waals surface area contributed by atoms with Crippen molar-refractivity contribution in [3.8, 4) is 0 Å². The summed E-state index contributed by atoms with van der Waals surface area (Å²) in [5.74, 6) is 1.09. The first kappa shape index (κ1) is 15.3. The Bertz CT molecular complexity index is 578. The highest BCUT2D eigenvalue weighted by Crippen LogP contribution is 2.27. The van der Waals surface area contributed by atoms with Gasteiger partial charge in [-0.05, 0) is 43.2 Å². The Kier molecular flexibility index (Phi) is 4.72. The smallest absolute Gasteiger partial charge is 0.238 e. The van der Waals surface area contributed by atoms with E-state index >= 15 is 0 Å². The molecule has 5 nitrogen and oxygen atoms in total. The minimum atomic E-state index is -3.67. The molecule has 0 aromatic heterocycles. The Morgan fingerprint density at radius 2 is 2.05 bits per heavy atom. The number of nitrogens with one attached hydrogen (secondary N) is 1. The lowest BCUT2D eigenvalue weighted by Crippen LogP contribution is -2.33. The highest BCUT2D eigenvalue weighted by Gasteiger charge is 2.24. The molecule has 1 aliphatic heterocycles. The lowest BCUT2D eigenvalue weighted by Gasteiger charge is -2.17. The van der Waals surface area contributed by atoms with Crippen LogP contribution in [0.15, 0.2) is 29.2 Å². The van der Waals surface area contributed by atoms with E-state index < -0.39 is 10.0 Å². The van der Waals surface area contributed by atoms with Crippen molar-refractivity contribution in [1.29, 1.82) is 0 Å². The van der Waals surface area contributed by atoms with Gasteiger partial charge in [0.05, 0.1) is 16.2 Å². The van der Waals surface area contributed by atoms with Gasteiger partial charge in [-0.1, -0.05) is 12.1 Å². The van der Waals surface area contributed by atoms with Crippen molar-refractivity contribution in [2.45, 2.75) is 36.0 Å². The number of carbonyl (C=O) groups excluding carboxylic acids is 1. The summed E-state index contributed by atoms with van der Waals surface area (Å²) in [5.41, 5.74) is 0.855. The van der Waals surface area contributed by atoms with Crippen LogP contribution in [0.2, 0.25) is 0 Å². The molecule has 2 unspecified atom stereocenters. The van der Waals surface area contributed by atoms with Crippen LogP contribution in [0, 0.1) is 0 Å². The van der Waals surface area contributed by atoms with Crippen LogP contribution < -0.4 is 10.5 Å². The second-order valence-electron chi connectivity index (χ2n) is 4.85. The number of sulfonamides is 1. The van der Waals surface area contributed by atoms with E-state index in [4.69, 9.17) is 5.14 Å². The van der Waals surface area contributed by atoms with Crippen molar-refractivity contribution in [3.05, 3.63) is 29.8 Å². The van der Waals surface area contributed by atoms with Gasteiger partial charge in [0.25, 0.3) is 0 Å². The zero-order valence-electron chi connectivity index (χ0n) is 11.2. The summed E-state index contributed by atoms with van der Waals surface area (Å²) in [4.78, 5) is 12.1. The van der Waals surface area contributed by atoms with Gasteiger partial charge in [-0.3, -0.25) is 4.79 Å². The summed E-state index contributed by atoms with van der Waals surface area (Å²) < 4.78 is 22.3. The van der Waals surface area contributed by atoms with Crippen LogP contribution in [0.25, 0.3) is 0 Å². The second kappa shape index (κ2) is 6.15. The molecular formula is C13H18N2O3S2. The molecule has 1 aromatic rings. The molecule has 0 bridgehead atoms. The topological polar surface area (TPSA) is 89.3 Å². The van der Waals surface area contributed by atoms with E-state index in [1.54, 1.807) is 23.9 Å². The molecule has 1 fully saturated rings. The quantitative estimate of drug-likeness (QED) is 0.879. The summed E-state index contributed by atoms with van der Waals surface area (Å²) >= 11 is 1.69. The van der Waals surface area contributed by atoms with E-state index in [1.165, 1.54) is 12.1 Å². The SMILES string of the molecule is CC(NC(=O)C1CCCS1)c1ccc(S(N)(=O)=O)cc1. The van der Waals surface area contributed by atoms with E-state index in [0.29, 0.717) is 0 Å². The van der Waals surface area contributed by atoms with Crippen LogP contribution in [0.1, 0.15) is 31.4 Å². The number of benzene rings is 1. The molecule has 0 aliphatic carbocycles. The molecule has 20 heavy (non-hydrogen) atoms. The Balaban J connectivity index is 2.02. The van der Waals surface area contributed by atoms with Crippen LogP contribution in [-0.2, 0) is 14.8 Å². The number of nitrogens with two attached hydrogens (primary N) is 1. The molecule has 1 saturated heterocycles. The van der Waals surface area contributed by atoms with E-state index in [9.17, 15) is 13.2 Å². The van der Waals surface area contributed by atoms with Crippen molar-refractivity contribution < 1.29 is 13.2 Å². The van der Waals surface area contributed by atoms with Crippen molar-refractivity contribution >= 4 is 27.7 Å². The summed E-state index contributed by atoms with van der Waals surface area (Å²) in [7, 11) is -3.67. The average Bonchev–Trinajstić information content (AvgIpc) is 2.91. The molecule has 1 heterocycles. The third-order valence-corrected chi connectivity index (χ3v) is 5.60. The van der Waals surface area contributed by atoms with Gasteiger partial charge in [0.15, 0.2) is 0 Å². The molecule has 110 valence electrons. The van der Waals surface area contributed by atoms with Crippen molar-refractivity contribution in [3.63, 3.8) is 0 Å². The number of thioether (sulfide) groups is 1. The largest absolute Gasteiger partial charge is 0.349 e. The Morgan fingerprint density at radius 1 is 1.40 bits per heavy atom. The van der Waals surface area contributed by atoms with E-state index in [1.807, 2.05) is 6.92 Å². The maximum atomic E-state index is 12.0. The molecule has 2 rings (SSSR count). The maximum Gasteiger partial charge on any atom is 0.238 e. The molecule has 3 N–H and O–H groups in total. The molecule has 2 atom stereocenters. The monoisotopic (exact) mass is 314 g/mol. The lowest BCUT2D eigenvalue weighted by molar-refractivity contribution is -0.121. The summed E-state index contributed by atoms with van der Waals surface area (Å²) in [6.07, 6.45) is 2.01. The lowest BCUT2D eigenvalue weighted by atomic mass is 10.1. The highest BCUT2D eigenvalue weighted by molar-refractivity contribution is 8.00. The standard InChI is InChI=1S/C13H18N2O3S2/c1-9(15-13(16)12-3-2-8-19-12)10-4-6-11(7-5-10)20(14,17)18/h4-7,9,12H,2-3,8H2,1H3,(H,15,16)(H2,14,17,18). The third kappa shape index (κ3) is 3.74. The number of amides is 1. The first-order valence-corrected chi connectivity index (χ1v) is 9.02. The van der Waals surface area contributed by atoms with Gasteiger partial charge in [0.2, 0.25) is 15.9 Å². The Morgan fingerprint density at radius 3 is 2.55 bits per heavy atom. The van der Waals surface area contributed by atoms with E-state index in [0.717, 1.165) is 24.2 Å². The first-order chi connectivity index (χ1) is 9.38. The summed E-state index contributed by atoms with van der Waals surface area (Å²) in [6, 6.07) is 6.10. The van der Waals surface area contributed by atoms with Gasteiger partial charge in [0.1, 0.15) is 0 Å². The minimum absolute atomic E-state index is 0.0427. The average molecular weight is 314 g/mol. The number of hydrogen-bond donors (Lipinski definition) is 2. The fourth-order valence-corrected chi connectivity index (χ4v) is 3.81. The van der Waals surface area contributed by atoms with Crippen LogP contribution in [0.3, 0.4) is 0 Å². The number of carbonyl (C=O) groups is 1. The molecule has 1 aromatic carbocycles. The highest BCUT2D eigenvalue weighted by atomic mass is 32.2. The molecule has 1 amide bonds. The van der Waals surface area contributed by atoms with Crippen LogP contribution in [-0.4, -0.2) is 25.3 Å². The maximum absolute atomic E-state index is 12.0. The summed E-state index contributed by atoms with van der Waals surface area (Å²) in [6.45, 7) is 1.88. The normalized spacial score (nSPS) is 20.6. The molecule has 0 spiro atoms. The number of rotatable bonds is 4. The molecule has 0 radical (unpaired) electrons. The van der Waals surface area contributed by atoms with Crippen LogP contribution in [0.5, 0.6) is 0 Å². The van der Waals surface area contributed by atoms with Crippen molar-refractivity contribution in [2.75, 3.05) is 5.75 Å². The fourth-order valence-electron chi connectivity index (χ4n) is 2.12. The molecule has 1 aliphatic rings. The predicted octanol–water partition coefficient (Wildman–Crippen LogP) is 1.41. The Labute approximate surface area is 123 Å². The van der Waals surface area contributed by atoms with Gasteiger partial charge < -0.3 is 5.32 Å². The predicted molar refractivity (Wildman–Crippen MR) is 79.9 cm³/mol. The summed E-state index contributed by atoms with van der Waals surface area (Å²) in [5, 5.41) is 8.04. The molecule has 7 heteroatoms. The third-order valence-electron chi connectivity index (χ3n) is 3.29. The zero-order valence-corrected chi connectivity index (χ0v) is 12.8. The fraction of sp³-hybridized carbons (Fsp3) is 0.462. The van der Waals surface area contributed by atoms with Gasteiger partial charge in [-0.15, -0.1) is 11.8 Å². The number of hydrogen-bond acceptors (Lipinski definition) is 4.